The monoisotopic (exact) mass is 338 g/mol. The van der Waals surface area contributed by atoms with Crippen LogP contribution in [-0.2, 0) is 4.79 Å². The molecule has 1 aliphatic rings. The molecule has 5 heteroatoms. The Kier molecular flexibility index (Phi) is 4.93. The number of ether oxygens (including phenoxy) is 2. The lowest BCUT2D eigenvalue weighted by molar-refractivity contribution is -0.113. The van der Waals surface area contributed by atoms with Crippen molar-refractivity contribution >= 4 is 23.4 Å². The zero-order valence-corrected chi connectivity index (χ0v) is 14.7. The summed E-state index contributed by atoms with van der Waals surface area (Å²) in [7, 11) is 3.63. The van der Waals surface area contributed by atoms with E-state index in [2.05, 4.69) is 17.1 Å². The van der Waals surface area contributed by atoms with Crippen LogP contribution in [0.25, 0.3) is 6.08 Å². The second-order valence-electron chi connectivity index (χ2n) is 5.88. The summed E-state index contributed by atoms with van der Waals surface area (Å²) in [6.45, 7) is 3.22. The van der Waals surface area contributed by atoms with Crippen molar-refractivity contribution in [1.82, 2.24) is 0 Å². The van der Waals surface area contributed by atoms with E-state index >= 15 is 0 Å². The molecule has 0 unspecified atom stereocenters. The van der Waals surface area contributed by atoms with Crippen LogP contribution in [0.1, 0.15) is 12.5 Å². The molecule has 0 saturated heterocycles. The van der Waals surface area contributed by atoms with Gasteiger partial charge in [-0.25, -0.2) is 0 Å². The number of nitrogens with one attached hydrogen (secondary N) is 1. The van der Waals surface area contributed by atoms with Gasteiger partial charge in [-0.1, -0.05) is 6.07 Å². The van der Waals surface area contributed by atoms with Crippen LogP contribution in [0.2, 0.25) is 0 Å². The Morgan fingerprint density at radius 3 is 2.88 bits per heavy atom. The van der Waals surface area contributed by atoms with E-state index < -0.39 is 0 Å². The molecule has 1 aliphatic heterocycles. The minimum Gasteiger partial charge on any atom is -0.497 e. The summed E-state index contributed by atoms with van der Waals surface area (Å²) in [6.07, 6.45) is 1.86. The number of rotatable bonds is 5. The second-order valence-corrected chi connectivity index (χ2v) is 5.88. The molecular formula is C20H22N2O3. The van der Waals surface area contributed by atoms with E-state index in [1.54, 1.807) is 7.11 Å². The van der Waals surface area contributed by atoms with Crippen LogP contribution in [0.5, 0.6) is 11.5 Å². The highest BCUT2D eigenvalue weighted by atomic mass is 16.5. The molecule has 0 fully saturated rings. The normalized spacial score (nSPS) is 12.5. The Labute approximate surface area is 147 Å². The van der Waals surface area contributed by atoms with Gasteiger partial charge in [-0.3, -0.25) is 4.79 Å². The molecule has 5 nitrogen and oxygen atoms in total. The van der Waals surface area contributed by atoms with E-state index in [1.165, 1.54) is 0 Å². The molecule has 0 saturated carbocycles. The first kappa shape index (κ1) is 16.9. The first-order valence-corrected chi connectivity index (χ1v) is 8.24. The highest BCUT2D eigenvalue weighted by molar-refractivity contribution is 6.07. The average Bonchev–Trinajstić information content (AvgIpc) is 2.66. The molecular weight excluding hydrogens is 316 g/mol. The molecule has 1 amide bonds. The minimum absolute atomic E-state index is 0.155. The molecule has 25 heavy (non-hydrogen) atoms. The SMILES string of the molecule is CCN(C)c1cccc(NC(=O)C2=Cc3ccc(OC)cc3OC2)c1. The van der Waals surface area contributed by atoms with Gasteiger partial charge >= 0.3 is 0 Å². The van der Waals surface area contributed by atoms with Crippen molar-refractivity contribution in [3.05, 3.63) is 53.6 Å². The van der Waals surface area contributed by atoms with Crippen molar-refractivity contribution < 1.29 is 14.3 Å². The zero-order valence-electron chi connectivity index (χ0n) is 14.7. The van der Waals surface area contributed by atoms with Gasteiger partial charge in [0.25, 0.3) is 5.91 Å². The highest BCUT2D eigenvalue weighted by Gasteiger charge is 2.18. The van der Waals surface area contributed by atoms with Crippen LogP contribution >= 0.6 is 0 Å². The number of amides is 1. The fraction of sp³-hybridized carbons (Fsp3) is 0.250. The highest BCUT2D eigenvalue weighted by Crippen LogP contribution is 2.30. The molecule has 2 aromatic rings. The quantitative estimate of drug-likeness (QED) is 0.905. The Morgan fingerprint density at radius 2 is 2.12 bits per heavy atom. The molecule has 0 radical (unpaired) electrons. The summed E-state index contributed by atoms with van der Waals surface area (Å²) in [5, 5.41) is 2.95. The van der Waals surface area contributed by atoms with Crippen molar-refractivity contribution in [1.29, 1.82) is 0 Å². The van der Waals surface area contributed by atoms with Crippen molar-refractivity contribution in [2.75, 3.05) is 37.5 Å². The number of carbonyl (C=O) groups excluding carboxylic acids is 1. The third-order valence-electron chi connectivity index (χ3n) is 4.24. The Balaban J connectivity index is 1.76. The molecule has 0 aromatic heterocycles. The number of fused-ring (bicyclic) bond motifs is 1. The van der Waals surface area contributed by atoms with Gasteiger partial charge in [-0.15, -0.1) is 0 Å². The number of methoxy groups -OCH3 is 1. The third-order valence-corrected chi connectivity index (χ3v) is 4.24. The minimum atomic E-state index is -0.155. The summed E-state index contributed by atoms with van der Waals surface area (Å²) in [6, 6.07) is 13.4. The average molecular weight is 338 g/mol. The Morgan fingerprint density at radius 1 is 1.28 bits per heavy atom. The molecule has 1 N–H and O–H groups in total. The third kappa shape index (κ3) is 3.76. The molecule has 130 valence electrons. The summed E-state index contributed by atoms with van der Waals surface area (Å²) >= 11 is 0. The zero-order chi connectivity index (χ0) is 17.8. The Bertz CT molecular complexity index is 814. The number of carbonyl (C=O) groups is 1. The van der Waals surface area contributed by atoms with Gasteiger partial charge < -0.3 is 19.7 Å². The summed E-state index contributed by atoms with van der Waals surface area (Å²) in [5.41, 5.74) is 3.29. The van der Waals surface area contributed by atoms with Crippen LogP contribution in [0.4, 0.5) is 11.4 Å². The first-order chi connectivity index (χ1) is 12.1. The van der Waals surface area contributed by atoms with Crippen molar-refractivity contribution in [3.63, 3.8) is 0 Å². The van der Waals surface area contributed by atoms with Gasteiger partial charge in [0.1, 0.15) is 18.1 Å². The molecule has 0 atom stereocenters. The topological polar surface area (TPSA) is 50.8 Å². The molecule has 3 rings (SSSR count). The van der Waals surface area contributed by atoms with Gasteiger partial charge in [-0.2, -0.15) is 0 Å². The summed E-state index contributed by atoms with van der Waals surface area (Å²) < 4.78 is 10.9. The predicted octanol–water partition coefficient (Wildman–Crippen LogP) is 3.57. The van der Waals surface area contributed by atoms with Gasteiger partial charge in [0.2, 0.25) is 0 Å². The smallest absolute Gasteiger partial charge is 0.255 e. The first-order valence-electron chi connectivity index (χ1n) is 8.24. The van der Waals surface area contributed by atoms with Gasteiger partial charge in [0.15, 0.2) is 0 Å². The van der Waals surface area contributed by atoms with E-state index in [0.29, 0.717) is 5.57 Å². The summed E-state index contributed by atoms with van der Waals surface area (Å²) in [4.78, 5) is 14.7. The second kappa shape index (κ2) is 7.30. The lowest BCUT2D eigenvalue weighted by Gasteiger charge is -2.19. The van der Waals surface area contributed by atoms with Gasteiger partial charge in [-0.05, 0) is 43.3 Å². The van der Waals surface area contributed by atoms with E-state index in [4.69, 9.17) is 9.47 Å². The maximum absolute atomic E-state index is 12.6. The van der Waals surface area contributed by atoms with E-state index in [0.717, 1.165) is 35.0 Å². The van der Waals surface area contributed by atoms with Crippen LogP contribution in [-0.4, -0.2) is 33.2 Å². The standard InChI is InChI=1S/C20H22N2O3/c1-4-22(2)17-7-5-6-16(11-17)21-20(23)15-10-14-8-9-18(24-3)12-19(14)25-13-15/h5-12H,4,13H2,1-3H3,(H,21,23). The number of hydrogen-bond donors (Lipinski definition) is 1. The lowest BCUT2D eigenvalue weighted by atomic mass is 10.1. The number of benzene rings is 2. The Hall–Kier alpha value is -2.95. The largest absolute Gasteiger partial charge is 0.497 e. The molecule has 0 spiro atoms. The van der Waals surface area contributed by atoms with E-state index in [-0.39, 0.29) is 12.5 Å². The molecule has 2 aromatic carbocycles. The fourth-order valence-electron chi connectivity index (χ4n) is 2.62. The number of nitrogens with zero attached hydrogens (tertiary/aromatic N) is 1. The van der Waals surface area contributed by atoms with Crippen molar-refractivity contribution in [3.8, 4) is 11.5 Å². The lowest BCUT2D eigenvalue weighted by Crippen LogP contribution is -2.21. The van der Waals surface area contributed by atoms with Crippen molar-refractivity contribution in [2.45, 2.75) is 6.92 Å². The maximum Gasteiger partial charge on any atom is 0.255 e. The number of hydrogen-bond acceptors (Lipinski definition) is 4. The van der Waals surface area contributed by atoms with Crippen molar-refractivity contribution in [2.24, 2.45) is 0 Å². The van der Waals surface area contributed by atoms with Crippen LogP contribution < -0.4 is 19.7 Å². The van der Waals surface area contributed by atoms with Crippen LogP contribution in [0, 0.1) is 0 Å². The predicted molar refractivity (Wildman–Crippen MR) is 100 cm³/mol. The molecule has 0 aliphatic carbocycles. The maximum atomic E-state index is 12.6. The van der Waals surface area contributed by atoms with Crippen LogP contribution in [0.3, 0.4) is 0 Å². The van der Waals surface area contributed by atoms with E-state index in [1.807, 2.05) is 55.6 Å². The number of anilines is 2. The van der Waals surface area contributed by atoms with Gasteiger partial charge in [0.05, 0.1) is 12.7 Å². The van der Waals surface area contributed by atoms with Gasteiger partial charge in [0, 0.05) is 36.6 Å². The van der Waals surface area contributed by atoms with E-state index in [9.17, 15) is 4.79 Å². The summed E-state index contributed by atoms with van der Waals surface area (Å²) in [5.74, 6) is 1.30. The van der Waals surface area contributed by atoms with Crippen LogP contribution in [0.15, 0.2) is 48.0 Å². The molecule has 1 heterocycles. The fourth-order valence-corrected chi connectivity index (χ4v) is 2.62. The molecule has 0 bridgehead atoms.